The number of fused-ring (bicyclic) bond motifs is 1. The van der Waals surface area contributed by atoms with Crippen LogP contribution in [-0.4, -0.2) is 20.2 Å². The summed E-state index contributed by atoms with van der Waals surface area (Å²) >= 11 is 0. The fourth-order valence-electron chi connectivity index (χ4n) is 6.31. The van der Waals surface area contributed by atoms with E-state index in [0.717, 1.165) is 61.8 Å². The lowest BCUT2D eigenvalue weighted by Crippen LogP contribution is -2.09. The Kier molecular flexibility index (Phi) is 10.3. The van der Waals surface area contributed by atoms with Crippen molar-refractivity contribution in [3.05, 3.63) is 198 Å². The largest absolute Gasteiger partial charge is 0.457 e. The van der Waals surface area contributed by atoms with Gasteiger partial charge in [0.2, 0.25) is 5.43 Å². The van der Waals surface area contributed by atoms with Gasteiger partial charge in [0.1, 0.15) is 34.6 Å². The monoisotopic (exact) mass is 742 g/mol. The molecule has 0 aliphatic carbocycles. The molecular weight excluding hydrogens is 709 g/mol. The van der Waals surface area contributed by atoms with Crippen molar-refractivity contribution in [3.63, 3.8) is 0 Å². The van der Waals surface area contributed by atoms with Gasteiger partial charge in [-0.3, -0.25) is 9.89 Å². The van der Waals surface area contributed by atoms with Crippen molar-refractivity contribution < 1.29 is 9.47 Å². The molecule has 0 saturated heterocycles. The van der Waals surface area contributed by atoms with Crippen LogP contribution in [0, 0.1) is 11.3 Å². The van der Waals surface area contributed by atoms with Gasteiger partial charge in [0.25, 0.3) is 0 Å². The molecule has 0 saturated carbocycles. The minimum absolute atomic E-state index is 0.0939. The number of nitrogens with one attached hydrogen (secondary N) is 2. The number of nitrogens with two attached hydrogens (primary N) is 1. The fourth-order valence-corrected chi connectivity index (χ4v) is 6.31. The lowest BCUT2D eigenvalue weighted by molar-refractivity contribution is 0.482. The first-order valence-electron chi connectivity index (χ1n) is 18.1. The molecule has 3 aromatic heterocycles. The number of rotatable bonds is 8. The molecule has 0 fully saturated rings. The summed E-state index contributed by atoms with van der Waals surface area (Å²) in [7, 11) is 0. The molecule has 9 heteroatoms. The number of ether oxygens (including phenoxy) is 2. The highest BCUT2D eigenvalue weighted by Crippen LogP contribution is 2.35. The summed E-state index contributed by atoms with van der Waals surface area (Å²) in [5.41, 5.74) is 13.2. The molecule has 3 heterocycles. The number of nitrogens with zero attached hydrogens (tertiary/aromatic N) is 3. The van der Waals surface area contributed by atoms with Gasteiger partial charge in [0.15, 0.2) is 5.82 Å². The van der Waals surface area contributed by atoms with Crippen molar-refractivity contribution in [2.75, 3.05) is 5.73 Å². The van der Waals surface area contributed by atoms with Crippen LogP contribution in [0.5, 0.6) is 23.0 Å². The first-order chi connectivity index (χ1) is 28.0. The van der Waals surface area contributed by atoms with E-state index in [2.05, 4.69) is 15.2 Å². The number of hydrogen-bond acceptors (Lipinski definition) is 7. The van der Waals surface area contributed by atoms with Gasteiger partial charge in [0, 0.05) is 22.9 Å². The summed E-state index contributed by atoms with van der Waals surface area (Å²) in [5.74, 6) is 3.41. The van der Waals surface area contributed by atoms with E-state index in [9.17, 15) is 10.1 Å². The standard InChI is InChI=1S/C24H18N4O.C24H16N2O2/c25-24-22-21(27-28-24)15-20(16-7-3-1-4-8-16)26-23(22)17-11-13-19(14-12-17)29-18-9-5-2-6-10-18;25-16-21-23(27)15-22(17-7-3-1-4-8-17)26-24(21)18-11-13-20(14-12-18)28-19-9-5-2-6-10-19/h1-15H,(H3,25,27,28);1-15H,(H,26,27). The molecule has 4 N–H and O–H groups in total. The summed E-state index contributed by atoms with van der Waals surface area (Å²) < 4.78 is 11.7. The molecule has 0 bridgehead atoms. The van der Waals surface area contributed by atoms with Crippen molar-refractivity contribution in [2.45, 2.75) is 0 Å². The Hall–Kier alpha value is -8.22. The van der Waals surface area contributed by atoms with Crippen LogP contribution in [0.2, 0.25) is 0 Å². The Morgan fingerprint density at radius 3 is 1.60 bits per heavy atom. The molecule has 274 valence electrons. The van der Waals surface area contributed by atoms with Crippen molar-refractivity contribution in [1.82, 2.24) is 20.2 Å². The number of para-hydroxylation sites is 2. The number of pyridine rings is 2. The Morgan fingerprint density at radius 2 is 1.05 bits per heavy atom. The second kappa shape index (κ2) is 16.4. The van der Waals surface area contributed by atoms with Crippen molar-refractivity contribution in [2.24, 2.45) is 0 Å². The van der Waals surface area contributed by atoms with Gasteiger partial charge in [-0.05, 0) is 90.0 Å². The van der Waals surface area contributed by atoms with E-state index in [1.54, 1.807) is 0 Å². The van der Waals surface area contributed by atoms with E-state index < -0.39 is 0 Å². The van der Waals surface area contributed by atoms with E-state index in [1.807, 2.05) is 182 Å². The van der Waals surface area contributed by atoms with Crippen LogP contribution in [0.25, 0.3) is 55.9 Å². The molecule has 0 spiro atoms. The fraction of sp³-hybridized carbons (Fsp3) is 0. The Balaban J connectivity index is 0.000000160. The second-order valence-corrected chi connectivity index (χ2v) is 12.9. The molecule has 0 unspecified atom stereocenters. The van der Waals surface area contributed by atoms with Gasteiger partial charge in [-0.15, -0.1) is 0 Å². The normalized spacial score (nSPS) is 10.6. The maximum Gasteiger partial charge on any atom is 0.200 e. The molecule has 0 radical (unpaired) electrons. The van der Waals surface area contributed by atoms with Crippen LogP contribution in [-0.2, 0) is 0 Å². The molecule has 0 aliphatic heterocycles. The SMILES string of the molecule is N#Cc1c(-c2ccc(Oc3ccccc3)cc2)[nH]c(-c2ccccc2)cc1=O.Nc1n[nH]c2cc(-c3ccccc3)nc(-c3ccc(Oc4ccccc4)cc3)c12. The highest BCUT2D eigenvalue weighted by Gasteiger charge is 2.16. The van der Waals surface area contributed by atoms with Crippen LogP contribution in [0.1, 0.15) is 5.56 Å². The number of nitrogen functional groups attached to an aromatic ring is 1. The first kappa shape index (κ1) is 35.8. The molecule has 6 aromatic carbocycles. The van der Waals surface area contributed by atoms with Crippen LogP contribution in [0.3, 0.4) is 0 Å². The minimum atomic E-state index is -0.306. The minimum Gasteiger partial charge on any atom is -0.457 e. The number of hydrogen-bond donors (Lipinski definition) is 3. The molecule has 0 amide bonds. The third kappa shape index (κ3) is 8.16. The highest BCUT2D eigenvalue weighted by atomic mass is 16.5. The van der Waals surface area contributed by atoms with Gasteiger partial charge >= 0.3 is 0 Å². The summed E-state index contributed by atoms with van der Waals surface area (Å²) in [6.07, 6.45) is 0. The van der Waals surface area contributed by atoms with Gasteiger partial charge in [0.05, 0.1) is 28.0 Å². The van der Waals surface area contributed by atoms with E-state index in [-0.39, 0.29) is 11.0 Å². The van der Waals surface area contributed by atoms with Gasteiger partial charge in [-0.1, -0.05) is 97.1 Å². The smallest absolute Gasteiger partial charge is 0.200 e. The van der Waals surface area contributed by atoms with Crippen LogP contribution in [0.15, 0.2) is 187 Å². The third-order valence-electron chi connectivity index (χ3n) is 9.10. The third-order valence-corrected chi connectivity index (χ3v) is 9.10. The lowest BCUT2D eigenvalue weighted by Gasteiger charge is -2.10. The highest BCUT2D eigenvalue weighted by molar-refractivity contribution is 6.01. The van der Waals surface area contributed by atoms with E-state index >= 15 is 0 Å². The predicted octanol–water partition coefficient (Wildman–Crippen LogP) is 11.0. The van der Waals surface area contributed by atoms with E-state index in [1.165, 1.54) is 6.07 Å². The number of anilines is 1. The Morgan fingerprint density at radius 1 is 0.561 bits per heavy atom. The number of aromatic nitrogens is 4. The maximum absolute atomic E-state index is 12.5. The zero-order chi connectivity index (χ0) is 39.0. The second-order valence-electron chi connectivity index (χ2n) is 12.9. The van der Waals surface area contributed by atoms with Crippen molar-refractivity contribution in [1.29, 1.82) is 5.26 Å². The van der Waals surface area contributed by atoms with Gasteiger partial charge in [-0.25, -0.2) is 4.98 Å². The Bertz CT molecular complexity index is 2850. The van der Waals surface area contributed by atoms with Gasteiger partial charge in [-0.2, -0.15) is 10.4 Å². The molecule has 9 nitrogen and oxygen atoms in total. The van der Waals surface area contributed by atoms with Crippen LogP contribution < -0.4 is 20.6 Å². The van der Waals surface area contributed by atoms with Crippen LogP contribution in [0.4, 0.5) is 5.82 Å². The van der Waals surface area contributed by atoms with E-state index in [0.29, 0.717) is 23.0 Å². The quantitative estimate of drug-likeness (QED) is 0.141. The molecule has 9 aromatic rings. The summed E-state index contributed by atoms with van der Waals surface area (Å²) in [6, 6.07) is 59.4. The summed E-state index contributed by atoms with van der Waals surface area (Å²) in [4.78, 5) is 20.6. The van der Waals surface area contributed by atoms with Crippen molar-refractivity contribution in [3.8, 4) is 74.1 Å². The lowest BCUT2D eigenvalue weighted by atomic mass is 10.0. The molecule has 0 atom stereocenters. The molecule has 9 rings (SSSR count). The summed E-state index contributed by atoms with van der Waals surface area (Å²) in [5, 5.41) is 17.5. The Labute approximate surface area is 328 Å². The molecular formula is C48H34N6O3. The number of H-pyrrole nitrogens is 2. The topological polar surface area (TPSA) is 143 Å². The molecule has 57 heavy (non-hydrogen) atoms. The van der Waals surface area contributed by atoms with Gasteiger partial charge < -0.3 is 20.2 Å². The maximum atomic E-state index is 12.5. The number of nitriles is 1. The average Bonchev–Trinajstić information content (AvgIpc) is 3.65. The van der Waals surface area contributed by atoms with Crippen molar-refractivity contribution >= 4 is 16.7 Å². The zero-order valence-electron chi connectivity index (χ0n) is 30.5. The summed E-state index contributed by atoms with van der Waals surface area (Å²) in [6.45, 7) is 0. The number of aromatic amines is 2. The first-order valence-corrected chi connectivity index (χ1v) is 18.1. The predicted molar refractivity (Wildman–Crippen MR) is 225 cm³/mol. The number of benzene rings is 6. The molecule has 0 aliphatic rings. The van der Waals surface area contributed by atoms with Crippen LogP contribution >= 0.6 is 0 Å². The zero-order valence-corrected chi connectivity index (χ0v) is 30.5. The average molecular weight is 743 g/mol. The van der Waals surface area contributed by atoms with E-state index in [4.69, 9.17) is 20.2 Å².